The number of ether oxygens (including phenoxy) is 3. The van der Waals surface area contributed by atoms with Gasteiger partial charge in [0.25, 0.3) is 0 Å². The Morgan fingerprint density at radius 3 is 2.22 bits per heavy atom. The van der Waals surface area contributed by atoms with Crippen LogP contribution in [-0.4, -0.2) is 17.4 Å². The Morgan fingerprint density at radius 1 is 0.757 bits per heavy atom. The molecule has 0 aliphatic carbocycles. The summed E-state index contributed by atoms with van der Waals surface area (Å²) in [6.45, 7) is 5.30. The van der Waals surface area contributed by atoms with E-state index in [1.54, 1.807) is 0 Å². The van der Waals surface area contributed by atoms with E-state index >= 15 is 0 Å². The normalized spacial score (nSPS) is 11.5. The minimum absolute atomic E-state index is 0.585. The van der Waals surface area contributed by atoms with Crippen LogP contribution >= 0.6 is 0 Å². The molecule has 1 atom stereocenters. The highest BCUT2D eigenvalue weighted by Gasteiger charge is 2.09. The van der Waals surface area contributed by atoms with Crippen LogP contribution < -0.4 is 18.9 Å². The second-order valence-electron chi connectivity index (χ2n) is 8.65. The summed E-state index contributed by atoms with van der Waals surface area (Å²) in [6.07, 6.45) is 2.71. The van der Waals surface area contributed by atoms with Crippen molar-refractivity contribution in [3.8, 4) is 23.0 Å². The van der Waals surface area contributed by atoms with Crippen molar-refractivity contribution in [3.05, 3.63) is 108 Å². The summed E-state index contributed by atoms with van der Waals surface area (Å²) >= 11 is 0. The predicted molar refractivity (Wildman–Crippen MR) is 150 cm³/mol. The lowest BCUT2D eigenvalue weighted by atomic mass is 10.1. The second-order valence-corrected chi connectivity index (χ2v) is 9.83. The molecule has 0 aromatic heterocycles. The van der Waals surface area contributed by atoms with Crippen LogP contribution in [0.4, 0.5) is 5.69 Å². The van der Waals surface area contributed by atoms with Crippen LogP contribution in [0.2, 0.25) is 0 Å². The summed E-state index contributed by atoms with van der Waals surface area (Å²) in [6, 6.07) is 30.9. The molecule has 6 heteroatoms. The topological polar surface area (TPSA) is 56.8 Å². The lowest BCUT2D eigenvalue weighted by Crippen LogP contribution is -2.06. The van der Waals surface area contributed by atoms with Crippen molar-refractivity contribution in [3.63, 3.8) is 0 Å². The monoisotopic (exact) mass is 515 g/mol. The van der Waals surface area contributed by atoms with Crippen molar-refractivity contribution in [2.75, 3.05) is 17.9 Å². The number of aryl methyl sites for hydroxylation is 2. The van der Waals surface area contributed by atoms with Gasteiger partial charge in [-0.05, 0) is 85.1 Å². The SMILES string of the molecule is CCCc1cc(Oc2ccc(NS(=O)c3ccccc3C)cc2)ccc1OCCCOc1ccccc1. The van der Waals surface area contributed by atoms with Crippen LogP contribution in [0, 0.1) is 6.92 Å². The van der Waals surface area contributed by atoms with Crippen LogP contribution in [-0.2, 0) is 17.4 Å². The van der Waals surface area contributed by atoms with E-state index in [4.69, 9.17) is 14.2 Å². The molecule has 0 saturated carbocycles. The zero-order chi connectivity index (χ0) is 25.9. The third-order valence-electron chi connectivity index (χ3n) is 5.70. The quantitative estimate of drug-likeness (QED) is 0.185. The van der Waals surface area contributed by atoms with Gasteiger partial charge in [0.05, 0.1) is 18.1 Å². The number of benzene rings is 4. The van der Waals surface area contributed by atoms with Crippen LogP contribution in [0.3, 0.4) is 0 Å². The average molecular weight is 516 g/mol. The highest BCUT2D eigenvalue weighted by Crippen LogP contribution is 2.30. The van der Waals surface area contributed by atoms with Crippen molar-refractivity contribution in [2.45, 2.75) is 38.0 Å². The number of hydrogen-bond acceptors (Lipinski definition) is 4. The zero-order valence-corrected chi connectivity index (χ0v) is 22.1. The molecule has 5 nitrogen and oxygen atoms in total. The molecule has 0 bridgehead atoms. The third-order valence-corrected chi connectivity index (χ3v) is 6.98. The van der Waals surface area contributed by atoms with Gasteiger partial charge in [-0.25, -0.2) is 4.21 Å². The molecular formula is C31H33NO4S. The summed E-state index contributed by atoms with van der Waals surface area (Å²) in [5.74, 6) is 3.22. The van der Waals surface area contributed by atoms with Crippen molar-refractivity contribution >= 4 is 16.7 Å². The summed E-state index contributed by atoms with van der Waals surface area (Å²) in [7, 11) is -1.33. The van der Waals surface area contributed by atoms with Crippen molar-refractivity contribution in [1.29, 1.82) is 0 Å². The summed E-state index contributed by atoms with van der Waals surface area (Å²) in [5, 5.41) is 0. The van der Waals surface area contributed by atoms with E-state index in [9.17, 15) is 4.21 Å². The average Bonchev–Trinajstić information content (AvgIpc) is 2.91. The van der Waals surface area contributed by atoms with E-state index in [0.717, 1.165) is 58.2 Å². The van der Waals surface area contributed by atoms with E-state index in [0.29, 0.717) is 19.0 Å². The van der Waals surface area contributed by atoms with Gasteiger partial charge in [0.1, 0.15) is 23.0 Å². The van der Waals surface area contributed by atoms with Crippen LogP contribution in [0.5, 0.6) is 23.0 Å². The molecule has 1 N–H and O–H groups in total. The minimum atomic E-state index is -1.33. The van der Waals surface area contributed by atoms with Gasteiger partial charge in [-0.2, -0.15) is 0 Å². The third kappa shape index (κ3) is 7.86. The molecule has 4 rings (SSSR count). The molecule has 1 unspecified atom stereocenters. The van der Waals surface area contributed by atoms with E-state index in [1.807, 2.05) is 104 Å². The van der Waals surface area contributed by atoms with Gasteiger partial charge in [-0.1, -0.05) is 49.7 Å². The first kappa shape index (κ1) is 26.3. The molecule has 0 spiro atoms. The van der Waals surface area contributed by atoms with Crippen LogP contribution in [0.1, 0.15) is 30.9 Å². The Bertz CT molecular complexity index is 1290. The fourth-order valence-corrected chi connectivity index (χ4v) is 4.85. The maximum atomic E-state index is 12.7. The van der Waals surface area contributed by atoms with E-state index in [-0.39, 0.29) is 0 Å². The number of rotatable bonds is 13. The lowest BCUT2D eigenvalue weighted by Gasteiger charge is -2.14. The Labute approximate surface area is 222 Å². The molecule has 0 fully saturated rings. The first-order chi connectivity index (χ1) is 18.1. The fraction of sp³-hybridized carbons (Fsp3) is 0.226. The van der Waals surface area contributed by atoms with Crippen molar-refractivity contribution in [1.82, 2.24) is 0 Å². The molecule has 4 aromatic carbocycles. The first-order valence-corrected chi connectivity index (χ1v) is 13.7. The Kier molecular flexibility index (Phi) is 9.60. The van der Waals surface area contributed by atoms with E-state index in [1.165, 1.54) is 0 Å². The fourth-order valence-electron chi connectivity index (χ4n) is 3.83. The van der Waals surface area contributed by atoms with Crippen LogP contribution in [0.25, 0.3) is 0 Å². The molecule has 37 heavy (non-hydrogen) atoms. The first-order valence-electron chi connectivity index (χ1n) is 12.6. The summed E-state index contributed by atoms with van der Waals surface area (Å²) in [4.78, 5) is 0.775. The standard InChI is InChI=1S/C31H33NO4S/c1-3-10-25-23-29(19-20-30(25)35-22-9-21-34-27-12-5-4-6-13-27)36-28-17-15-26(16-18-28)32-37(33)31-14-8-7-11-24(31)2/h4-8,11-20,23,32H,3,9-10,21-22H2,1-2H3. The molecule has 0 aliphatic heterocycles. The molecule has 0 amide bonds. The molecule has 0 heterocycles. The maximum absolute atomic E-state index is 12.7. The van der Waals surface area contributed by atoms with E-state index < -0.39 is 11.0 Å². The molecule has 0 radical (unpaired) electrons. The summed E-state index contributed by atoms with van der Waals surface area (Å²) in [5.41, 5.74) is 2.88. The van der Waals surface area contributed by atoms with Crippen LogP contribution in [0.15, 0.2) is 102 Å². The van der Waals surface area contributed by atoms with Crippen molar-refractivity contribution < 1.29 is 18.4 Å². The molecule has 0 saturated heterocycles. The zero-order valence-electron chi connectivity index (χ0n) is 21.3. The molecule has 0 aliphatic rings. The number of anilines is 1. The molecule has 192 valence electrons. The maximum Gasteiger partial charge on any atom is 0.150 e. The Morgan fingerprint density at radius 2 is 1.46 bits per heavy atom. The minimum Gasteiger partial charge on any atom is -0.493 e. The van der Waals surface area contributed by atoms with Gasteiger partial charge < -0.3 is 18.9 Å². The Hall–Kier alpha value is -3.77. The molecular weight excluding hydrogens is 482 g/mol. The van der Waals surface area contributed by atoms with Gasteiger partial charge >= 0.3 is 0 Å². The smallest absolute Gasteiger partial charge is 0.150 e. The van der Waals surface area contributed by atoms with Gasteiger partial charge in [-0.15, -0.1) is 0 Å². The number of hydrogen-bond donors (Lipinski definition) is 1. The van der Waals surface area contributed by atoms with Gasteiger partial charge in [0, 0.05) is 12.1 Å². The summed E-state index contributed by atoms with van der Waals surface area (Å²) < 4.78 is 33.6. The lowest BCUT2D eigenvalue weighted by molar-refractivity contribution is 0.246. The van der Waals surface area contributed by atoms with Gasteiger partial charge in [-0.3, -0.25) is 0 Å². The second kappa shape index (κ2) is 13.5. The number of para-hydroxylation sites is 1. The van der Waals surface area contributed by atoms with Gasteiger partial charge in [0.15, 0.2) is 11.0 Å². The largest absolute Gasteiger partial charge is 0.493 e. The highest BCUT2D eigenvalue weighted by atomic mass is 32.2. The number of nitrogens with one attached hydrogen (secondary N) is 1. The highest BCUT2D eigenvalue weighted by molar-refractivity contribution is 7.86. The van der Waals surface area contributed by atoms with E-state index in [2.05, 4.69) is 11.6 Å². The predicted octanol–water partition coefficient (Wildman–Crippen LogP) is 7.72. The Balaban J connectivity index is 1.31. The van der Waals surface area contributed by atoms with Crippen molar-refractivity contribution in [2.24, 2.45) is 0 Å². The van der Waals surface area contributed by atoms with Gasteiger partial charge in [0.2, 0.25) is 0 Å². The molecule has 4 aromatic rings.